The molecule has 2 aliphatic rings. The molecule has 1 unspecified atom stereocenters. The molecular weight excluding hydrogens is 272 g/mol. The van der Waals surface area contributed by atoms with E-state index in [9.17, 15) is 19.2 Å². The summed E-state index contributed by atoms with van der Waals surface area (Å²) in [7, 11) is 0. The van der Waals surface area contributed by atoms with Gasteiger partial charge in [-0.2, -0.15) is 0 Å². The number of aldehydes is 1. The first-order chi connectivity index (χ1) is 10.1. The topological polar surface area (TPSA) is 83.6 Å². The Balaban J connectivity index is 1.90. The van der Waals surface area contributed by atoms with Crippen molar-refractivity contribution in [3.63, 3.8) is 0 Å². The van der Waals surface area contributed by atoms with Crippen molar-refractivity contribution in [3.05, 3.63) is 34.9 Å². The first-order valence-corrected chi connectivity index (χ1v) is 6.81. The molecule has 1 saturated heterocycles. The quantitative estimate of drug-likeness (QED) is 0.635. The number of hydrogen-bond acceptors (Lipinski definition) is 4. The fourth-order valence-electron chi connectivity index (χ4n) is 2.93. The van der Waals surface area contributed by atoms with Crippen LogP contribution < -0.4 is 5.32 Å². The van der Waals surface area contributed by atoms with Gasteiger partial charge in [0.2, 0.25) is 11.8 Å². The van der Waals surface area contributed by atoms with E-state index in [0.717, 1.165) is 17.4 Å². The minimum absolute atomic E-state index is 0.216. The summed E-state index contributed by atoms with van der Waals surface area (Å²) in [4.78, 5) is 47.8. The molecular formula is C15H14N2O4. The molecule has 6 nitrogen and oxygen atoms in total. The molecule has 0 radical (unpaired) electrons. The zero-order valence-electron chi connectivity index (χ0n) is 11.3. The molecule has 21 heavy (non-hydrogen) atoms. The fraction of sp³-hybridized carbons (Fsp3) is 0.333. The van der Waals surface area contributed by atoms with Crippen LogP contribution in [0.3, 0.4) is 0 Å². The van der Waals surface area contributed by atoms with Gasteiger partial charge in [0.05, 0.1) is 0 Å². The van der Waals surface area contributed by atoms with Crippen LogP contribution in [-0.2, 0) is 27.3 Å². The van der Waals surface area contributed by atoms with Crippen molar-refractivity contribution in [2.45, 2.75) is 31.8 Å². The van der Waals surface area contributed by atoms with Crippen LogP contribution in [-0.4, -0.2) is 34.9 Å². The number of rotatable bonds is 3. The van der Waals surface area contributed by atoms with Gasteiger partial charge in [-0.25, -0.2) is 0 Å². The summed E-state index contributed by atoms with van der Waals surface area (Å²) in [5.74, 6) is -0.946. The molecule has 2 aliphatic heterocycles. The third kappa shape index (κ3) is 2.22. The summed E-state index contributed by atoms with van der Waals surface area (Å²) in [6.07, 6.45) is 1.62. The summed E-state index contributed by atoms with van der Waals surface area (Å²) in [6, 6.07) is 4.64. The number of carbonyl (C=O) groups excluding carboxylic acids is 4. The average molecular weight is 286 g/mol. The summed E-state index contributed by atoms with van der Waals surface area (Å²) in [6.45, 7) is 0.310. The Labute approximate surface area is 121 Å². The van der Waals surface area contributed by atoms with Crippen molar-refractivity contribution >= 4 is 24.0 Å². The Kier molecular flexibility index (Phi) is 3.29. The molecule has 0 saturated carbocycles. The second kappa shape index (κ2) is 5.12. The third-order valence-electron chi connectivity index (χ3n) is 3.98. The Hall–Kier alpha value is -2.50. The maximum atomic E-state index is 12.5. The van der Waals surface area contributed by atoms with Crippen molar-refractivity contribution in [2.75, 3.05) is 0 Å². The van der Waals surface area contributed by atoms with Crippen molar-refractivity contribution in [1.82, 2.24) is 10.2 Å². The summed E-state index contributed by atoms with van der Waals surface area (Å²) >= 11 is 0. The molecule has 108 valence electrons. The van der Waals surface area contributed by atoms with E-state index in [0.29, 0.717) is 18.5 Å². The van der Waals surface area contributed by atoms with E-state index < -0.39 is 11.9 Å². The number of carbonyl (C=O) groups is 4. The zero-order chi connectivity index (χ0) is 15.0. The van der Waals surface area contributed by atoms with Gasteiger partial charge in [-0.05, 0) is 23.6 Å². The normalized spacial score (nSPS) is 21.2. The minimum atomic E-state index is -0.619. The van der Waals surface area contributed by atoms with E-state index in [1.54, 1.807) is 12.1 Å². The van der Waals surface area contributed by atoms with E-state index in [4.69, 9.17) is 0 Å². The Morgan fingerprint density at radius 1 is 1.29 bits per heavy atom. The fourth-order valence-corrected chi connectivity index (χ4v) is 2.93. The van der Waals surface area contributed by atoms with Gasteiger partial charge in [-0.15, -0.1) is 0 Å². The lowest BCUT2D eigenvalue weighted by Crippen LogP contribution is -2.52. The molecule has 3 amide bonds. The van der Waals surface area contributed by atoms with Crippen molar-refractivity contribution in [2.24, 2.45) is 0 Å². The standard InChI is InChI=1S/C15H14N2O4/c18-7-6-9-2-1-3-10-11(9)8-17(15(10)21)12-4-5-13(19)16-14(12)20/h1-3,7,12H,4-6,8H2,(H,16,19,20). The van der Waals surface area contributed by atoms with Crippen LogP contribution in [0.1, 0.15) is 34.3 Å². The summed E-state index contributed by atoms with van der Waals surface area (Å²) in [5, 5.41) is 2.27. The van der Waals surface area contributed by atoms with Gasteiger partial charge in [0, 0.05) is 24.9 Å². The number of fused-ring (bicyclic) bond motifs is 1. The molecule has 0 bridgehead atoms. The highest BCUT2D eigenvalue weighted by Gasteiger charge is 2.39. The van der Waals surface area contributed by atoms with E-state index in [1.807, 2.05) is 6.07 Å². The van der Waals surface area contributed by atoms with Crippen LogP contribution in [0, 0.1) is 0 Å². The Morgan fingerprint density at radius 2 is 2.10 bits per heavy atom. The lowest BCUT2D eigenvalue weighted by molar-refractivity contribution is -0.136. The monoisotopic (exact) mass is 286 g/mol. The molecule has 1 aromatic rings. The largest absolute Gasteiger partial charge is 0.322 e. The van der Waals surface area contributed by atoms with Crippen LogP contribution in [0.5, 0.6) is 0 Å². The smallest absolute Gasteiger partial charge is 0.255 e. The van der Waals surface area contributed by atoms with Gasteiger partial charge in [0.15, 0.2) is 0 Å². The highest BCUT2D eigenvalue weighted by molar-refractivity contribution is 6.05. The number of piperidine rings is 1. The Morgan fingerprint density at radius 3 is 2.81 bits per heavy atom. The highest BCUT2D eigenvalue weighted by Crippen LogP contribution is 2.29. The molecule has 3 rings (SSSR count). The molecule has 1 N–H and O–H groups in total. The number of amides is 3. The Bertz CT molecular complexity index is 653. The molecule has 1 aromatic carbocycles. The predicted molar refractivity (Wildman–Crippen MR) is 72.3 cm³/mol. The first kappa shape index (κ1) is 13.5. The second-order valence-electron chi connectivity index (χ2n) is 5.21. The molecule has 0 spiro atoms. The minimum Gasteiger partial charge on any atom is -0.322 e. The van der Waals surface area contributed by atoms with Gasteiger partial charge >= 0.3 is 0 Å². The maximum Gasteiger partial charge on any atom is 0.255 e. The van der Waals surface area contributed by atoms with E-state index in [-0.39, 0.29) is 24.7 Å². The van der Waals surface area contributed by atoms with Crippen LogP contribution >= 0.6 is 0 Å². The van der Waals surface area contributed by atoms with Crippen LogP contribution in [0.15, 0.2) is 18.2 Å². The van der Waals surface area contributed by atoms with Crippen LogP contribution in [0.25, 0.3) is 0 Å². The van der Waals surface area contributed by atoms with Crippen molar-refractivity contribution < 1.29 is 19.2 Å². The summed E-state index contributed by atoms with van der Waals surface area (Å²) < 4.78 is 0. The van der Waals surface area contributed by atoms with E-state index in [2.05, 4.69) is 5.32 Å². The number of nitrogens with zero attached hydrogens (tertiary/aromatic N) is 1. The lowest BCUT2D eigenvalue weighted by Gasteiger charge is -2.29. The maximum absolute atomic E-state index is 12.5. The van der Waals surface area contributed by atoms with Crippen LogP contribution in [0.4, 0.5) is 0 Å². The molecule has 6 heteroatoms. The molecule has 0 aliphatic carbocycles. The molecule has 2 heterocycles. The number of hydrogen-bond donors (Lipinski definition) is 1. The first-order valence-electron chi connectivity index (χ1n) is 6.81. The average Bonchev–Trinajstić information content (AvgIpc) is 2.78. The third-order valence-corrected chi connectivity index (χ3v) is 3.98. The number of imide groups is 1. The second-order valence-corrected chi connectivity index (χ2v) is 5.21. The summed E-state index contributed by atoms with van der Waals surface area (Å²) in [5.41, 5.74) is 2.16. The van der Waals surface area contributed by atoms with Gasteiger partial charge in [-0.3, -0.25) is 19.7 Å². The predicted octanol–water partition coefficient (Wildman–Crippen LogP) is 0.189. The van der Waals surface area contributed by atoms with E-state index in [1.165, 1.54) is 4.90 Å². The molecule has 1 atom stereocenters. The lowest BCUT2D eigenvalue weighted by atomic mass is 10.0. The van der Waals surface area contributed by atoms with Gasteiger partial charge in [-0.1, -0.05) is 12.1 Å². The highest BCUT2D eigenvalue weighted by atomic mass is 16.2. The molecule has 0 aromatic heterocycles. The zero-order valence-corrected chi connectivity index (χ0v) is 11.3. The van der Waals surface area contributed by atoms with Gasteiger partial charge in [0.1, 0.15) is 12.3 Å². The van der Waals surface area contributed by atoms with Crippen molar-refractivity contribution in [1.29, 1.82) is 0 Å². The van der Waals surface area contributed by atoms with Crippen molar-refractivity contribution in [3.8, 4) is 0 Å². The number of benzene rings is 1. The SMILES string of the molecule is O=CCc1cccc2c1CN(C1CCC(=O)NC1=O)C2=O. The number of nitrogens with one attached hydrogen (secondary N) is 1. The van der Waals surface area contributed by atoms with E-state index >= 15 is 0 Å². The molecule has 1 fully saturated rings. The van der Waals surface area contributed by atoms with Gasteiger partial charge in [0.25, 0.3) is 5.91 Å². The van der Waals surface area contributed by atoms with Gasteiger partial charge < -0.3 is 9.69 Å². The van der Waals surface area contributed by atoms with Crippen LogP contribution in [0.2, 0.25) is 0 Å².